The highest BCUT2D eigenvalue weighted by atomic mass is 16.2. The van der Waals surface area contributed by atoms with Crippen LogP contribution in [0.3, 0.4) is 0 Å². The molecule has 0 bridgehead atoms. The summed E-state index contributed by atoms with van der Waals surface area (Å²) in [4.78, 5) is 17.2. The standard InChI is InChI=1S/C17H33N3O/c1-14(17(21)20-12-6-4-5-7-13-20)19(3)16-10-8-15(18-2)9-11-16/h14-16,18H,4-13H2,1-3H3. The molecule has 2 fully saturated rings. The second kappa shape index (κ2) is 8.14. The molecule has 1 saturated heterocycles. The normalized spacial score (nSPS) is 29.2. The van der Waals surface area contributed by atoms with Crippen LogP contribution in [-0.4, -0.2) is 61.0 Å². The highest BCUT2D eigenvalue weighted by molar-refractivity contribution is 5.81. The third kappa shape index (κ3) is 4.43. The van der Waals surface area contributed by atoms with Crippen molar-refractivity contribution in [1.29, 1.82) is 0 Å². The van der Waals surface area contributed by atoms with Gasteiger partial charge in [-0.1, -0.05) is 12.8 Å². The molecule has 1 heterocycles. The van der Waals surface area contributed by atoms with Crippen LogP contribution >= 0.6 is 0 Å². The fourth-order valence-corrected chi connectivity index (χ4v) is 3.82. The predicted molar refractivity (Wildman–Crippen MR) is 87.4 cm³/mol. The van der Waals surface area contributed by atoms with Crippen LogP contribution in [0.1, 0.15) is 58.3 Å². The van der Waals surface area contributed by atoms with Gasteiger partial charge < -0.3 is 10.2 Å². The number of likely N-dealkylation sites (tertiary alicyclic amines) is 1. The minimum absolute atomic E-state index is 0.0271. The summed E-state index contributed by atoms with van der Waals surface area (Å²) in [6.07, 6.45) is 9.79. The summed E-state index contributed by atoms with van der Waals surface area (Å²) in [5.41, 5.74) is 0. The van der Waals surface area contributed by atoms with Crippen LogP contribution in [0.25, 0.3) is 0 Å². The molecule has 122 valence electrons. The van der Waals surface area contributed by atoms with Crippen molar-refractivity contribution in [3.63, 3.8) is 0 Å². The first-order valence-corrected chi connectivity index (χ1v) is 8.81. The van der Waals surface area contributed by atoms with Gasteiger partial charge in [0, 0.05) is 25.2 Å². The van der Waals surface area contributed by atoms with E-state index in [9.17, 15) is 4.79 Å². The van der Waals surface area contributed by atoms with E-state index < -0.39 is 0 Å². The molecule has 0 aromatic rings. The van der Waals surface area contributed by atoms with Crippen molar-refractivity contribution in [2.75, 3.05) is 27.2 Å². The largest absolute Gasteiger partial charge is 0.341 e. The van der Waals surface area contributed by atoms with E-state index in [0.717, 1.165) is 13.1 Å². The van der Waals surface area contributed by atoms with Gasteiger partial charge >= 0.3 is 0 Å². The lowest BCUT2D eigenvalue weighted by Gasteiger charge is -2.38. The van der Waals surface area contributed by atoms with Gasteiger partial charge in [-0.05, 0) is 59.5 Å². The average Bonchev–Trinajstić information content (AvgIpc) is 2.82. The molecule has 1 amide bonds. The number of hydrogen-bond acceptors (Lipinski definition) is 3. The van der Waals surface area contributed by atoms with Crippen molar-refractivity contribution in [3.8, 4) is 0 Å². The first-order chi connectivity index (χ1) is 10.1. The number of nitrogens with one attached hydrogen (secondary N) is 1. The Morgan fingerprint density at radius 1 is 1.10 bits per heavy atom. The molecule has 0 spiro atoms. The van der Waals surface area contributed by atoms with Crippen molar-refractivity contribution in [3.05, 3.63) is 0 Å². The monoisotopic (exact) mass is 295 g/mol. The SMILES string of the molecule is CNC1CCC(N(C)C(C)C(=O)N2CCCCCC2)CC1. The van der Waals surface area contributed by atoms with Gasteiger partial charge in [0.1, 0.15) is 0 Å². The summed E-state index contributed by atoms with van der Waals surface area (Å²) in [6.45, 7) is 4.02. The third-order valence-corrected chi connectivity index (χ3v) is 5.57. The van der Waals surface area contributed by atoms with Crippen LogP contribution in [-0.2, 0) is 4.79 Å². The van der Waals surface area contributed by atoms with E-state index in [1.807, 2.05) is 0 Å². The molecule has 21 heavy (non-hydrogen) atoms. The molecule has 4 heteroatoms. The van der Waals surface area contributed by atoms with Crippen LogP contribution < -0.4 is 5.32 Å². The molecule has 4 nitrogen and oxygen atoms in total. The Morgan fingerprint density at radius 3 is 2.19 bits per heavy atom. The molecule has 1 unspecified atom stereocenters. The van der Waals surface area contributed by atoms with Crippen LogP contribution in [0, 0.1) is 0 Å². The molecule has 0 aromatic heterocycles. The number of carbonyl (C=O) groups is 1. The van der Waals surface area contributed by atoms with E-state index in [1.165, 1.54) is 51.4 Å². The predicted octanol–water partition coefficient (Wildman–Crippen LogP) is 2.24. The van der Waals surface area contributed by atoms with Gasteiger partial charge in [0.05, 0.1) is 6.04 Å². The summed E-state index contributed by atoms with van der Waals surface area (Å²) in [5.74, 6) is 0.343. The first kappa shape index (κ1) is 16.8. The lowest BCUT2D eigenvalue weighted by atomic mass is 9.90. The zero-order valence-corrected chi connectivity index (χ0v) is 14.1. The highest BCUT2D eigenvalue weighted by Crippen LogP contribution is 2.24. The number of carbonyl (C=O) groups excluding carboxylic acids is 1. The van der Waals surface area contributed by atoms with Gasteiger partial charge in [-0.25, -0.2) is 0 Å². The number of nitrogens with zero attached hydrogens (tertiary/aromatic N) is 2. The minimum atomic E-state index is 0.0271. The number of amides is 1. The van der Waals surface area contributed by atoms with E-state index in [0.29, 0.717) is 18.0 Å². The van der Waals surface area contributed by atoms with E-state index in [1.54, 1.807) is 0 Å². The molecule has 1 aliphatic carbocycles. The van der Waals surface area contributed by atoms with Gasteiger partial charge in [0.2, 0.25) is 5.91 Å². The Morgan fingerprint density at radius 2 is 1.67 bits per heavy atom. The van der Waals surface area contributed by atoms with Crippen LogP contribution in [0.5, 0.6) is 0 Å². The van der Waals surface area contributed by atoms with E-state index in [2.05, 4.69) is 36.1 Å². The quantitative estimate of drug-likeness (QED) is 0.864. The van der Waals surface area contributed by atoms with Crippen LogP contribution in [0.15, 0.2) is 0 Å². The fourth-order valence-electron chi connectivity index (χ4n) is 3.82. The van der Waals surface area contributed by atoms with Crippen LogP contribution in [0.2, 0.25) is 0 Å². The number of likely N-dealkylation sites (N-methyl/N-ethyl adjacent to an activating group) is 1. The zero-order valence-electron chi connectivity index (χ0n) is 14.1. The van der Waals surface area contributed by atoms with Crippen LogP contribution in [0.4, 0.5) is 0 Å². The molecule has 1 saturated carbocycles. The smallest absolute Gasteiger partial charge is 0.239 e. The summed E-state index contributed by atoms with van der Waals surface area (Å²) < 4.78 is 0. The third-order valence-electron chi connectivity index (χ3n) is 5.57. The second-order valence-corrected chi connectivity index (χ2v) is 6.88. The lowest BCUT2D eigenvalue weighted by Crippen LogP contribution is -2.51. The summed E-state index contributed by atoms with van der Waals surface area (Å²) >= 11 is 0. The molecule has 1 atom stereocenters. The summed E-state index contributed by atoms with van der Waals surface area (Å²) in [7, 11) is 4.20. The maximum atomic E-state index is 12.7. The fraction of sp³-hybridized carbons (Fsp3) is 0.941. The average molecular weight is 295 g/mol. The van der Waals surface area contributed by atoms with Gasteiger partial charge in [-0.15, -0.1) is 0 Å². The summed E-state index contributed by atoms with van der Waals surface area (Å²) in [5, 5.41) is 3.38. The molecular weight excluding hydrogens is 262 g/mol. The van der Waals surface area contributed by atoms with Crippen molar-refractivity contribution in [2.24, 2.45) is 0 Å². The maximum absolute atomic E-state index is 12.7. The van der Waals surface area contributed by atoms with Gasteiger partial charge in [-0.3, -0.25) is 9.69 Å². The molecule has 2 rings (SSSR count). The second-order valence-electron chi connectivity index (χ2n) is 6.88. The van der Waals surface area contributed by atoms with Crippen molar-refractivity contribution >= 4 is 5.91 Å². The van der Waals surface area contributed by atoms with E-state index in [-0.39, 0.29) is 6.04 Å². The van der Waals surface area contributed by atoms with Crippen molar-refractivity contribution in [2.45, 2.75) is 76.4 Å². The Hall–Kier alpha value is -0.610. The Balaban J connectivity index is 1.86. The minimum Gasteiger partial charge on any atom is -0.341 e. The lowest BCUT2D eigenvalue weighted by molar-refractivity contribution is -0.137. The molecular formula is C17H33N3O. The topological polar surface area (TPSA) is 35.6 Å². The molecule has 0 aromatic carbocycles. The first-order valence-electron chi connectivity index (χ1n) is 8.81. The van der Waals surface area contributed by atoms with Crippen molar-refractivity contribution in [1.82, 2.24) is 15.1 Å². The van der Waals surface area contributed by atoms with Gasteiger partial charge in [-0.2, -0.15) is 0 Å². The van der Waals surface area contributed by atoms with Gasteiger partial charge in [0.25, 0.3) is 0 Å². The summed E-state index contributed by atoms with van der Waals surface area (Å²) in [6, 6.07) is 1.27. The Labute approximate surface area is 130 Å². The molecule has 1 aliphatic heterocycles. The highest BCUT2D eigenvalue weighted by Gasteiger charge is 2.30. The maximum Gasteiger partial charge on any atom is 0.239 e. The Kier molecular flexibility index (Phi) is 6.49. The molecule has 2 aliphatic rings. The Bertz CT molecular complexity index is 318. The zero-order chi connectivity index (χ0) is 15.2. The van der Waals surface area contributed by atoms with Gasteiger partial charge in [0.15, 0.2) is 0 Å². The van der Waals surface area contributed by atoms with Crippen molar-refractivity contribution < 1.29 is 4.79 Å². The van der Waals surface area contributed by atoms with E-state index >= 15 is 0 Å². The molecule has 1 N–H and O–H groups in total. The number of hydrogen-bond donors (Lipinski definition) is 1. The van der Waals surface area contributed by atoms with E-state index in [4.69, 9.17) is 0 Å². The molecule has 0 radical (unpaired) electrons. The number of rotatable bonds is 4.